The lowest BCUT2D eigenvalue weighted by Crippen LogP contribution is -2.47. The molecular formula is C10H21N3O. The summed E-state index contributed by atoms with van der Waals surface area (Å²) in [6.45, 7) is 4.42. The van der Waals surface area contributed by atoms with E-state index >= 15 is 0 Å². The van der Waals surface area contributed by atoms with Crippen molar-refractivity contribution in [2.45, 2.75) is 32.2 Å². The summed E-state index contributed by atoms with van der Waals surface area (Å²) >= 11 is 0. The standard InChI is InChI=1S/C10H21N3O/c1-3-9(8-11)12(2)10(14)13-6-4-5-7-13/h9H,3-8,11H2,1-2H3. The Hall–Kier alpha value is -0.770. The molecule has 1 aliphatic rings. The van der Waals surface area contributed by atoms with Gasteiger partial charge in [0.25, 0.3) is 0 Å². The second kappa shape index (κ2) is 5.20. The van der Waals surface area contributed by atoms with Gasteiger partial charge < -0.3 is 15.5 Å². The highest BCUT2D eigenvalue weighted by Gasteiger charge is 2.24. The SMILES string of the molecule is CCC(CN)N(C)C(=O)N1CCCC1. The molecule has 2 N–H and O–H groups in total. The Morgan fingerprint density at radius 3 is 2.50 bits per heavy atom. The van der Waals surface area contributed by atoms with Crippen LogP contribution in [0.1, 0.15) is 26.2 Å². The molecule has 0 bridgehead atoms. The molecule has 0 saturated carbocycles. The van der Waals surface area contributed by atoms with Crippen LogP contribution in [0.15, 0.2) is 0 Å². The van der Waals surface area contributed by atoms with Crippen molar-refractivity contribution >= 4 is 6.03 Å². The van der Waals surface area contributed by atoms with Crippen molar-refractivity contribution in [1.82, 2.24) is 9.80 Å². The topological polar surface area (TPSA) is 49.6 Å². The van der Waals surface area contributed by atoms with E-state index in [0.717, 1.165) is 32.4 Å². The fourth-order valence-corrected chi connectivity index (χ4v) is 1.89. The van der Waals surface area contributed by atoms with Crippen LogP contribution >= 0.6 is 0 Å². The number of amides is 2. The number of likely N-dealkylation sites (N-methyl/N-ethyl adjacent to an activating group) is 1. The molecule has 0 aromatic rings. The fraction of sp³-hybridized carbons (Fsp3) is 0.900. The van der Waals surface area contributed by atoms with Crippen molar-refractivity contribution in [3.8, 4) is 0 Å². The highest BCUT2D eigenvalue weighted by Crippen LogP contribution is 2.12. The molecule has 1 unspecified atom stereocenters. The van der Waals surface area contributed by atoms with Crippen molar-refractivity contribution in [3.05, 3.63) is 0 Å². The second-order valence-electron chi connectivity index (χ2n) is 3.89. The molecule has 0 aliphatic carbocycles. The van der Waals surface area contributed by atoms with Crippen LogP contribution in [0, 0.1) is 0 Å². The second-order valence-corrected chi connectivity index (χ2v) is 3.89. The maximum absolute atomic E-state index is 11.9. The number of hydrogen-bond donors (Lipinski definition) is 1. The molecule has 1 fully saturated rings. The Balaban J connectivity index is 2.49. The van der Waals surface area contributed by atoms with Crippen molar-refractivity contribution in [3.63, 3.8) is 0 Å². The molecule has 1 saturated heterocycles. The molecule has 4 heteroatoms. The lowest BCUT2D eigenvalue weighted by molar-refractivity contribution is 0.155. The first-order chi connectivity index (χ1) is 6.70. The van der Waals surface area contributed by atoms with E-state index < -0.39 is 0 Å². The lowest BCUT2D eigenvalue weighted by atomic mass is 10.2. The third-order valence-corrected chi connectivity index (χ3v) is 2.97. The molecule has 82 valence electrons. The summed E-state index contributed by atoms with van der Waals surface area (Å²) in [5, 5.41) is 0. The largest absolute Gasteiger partial charge is 0.328 e. The molecule has 0 aromatic carbocycles. The van der Waals surface area contributed by atoms with Crippen molar-refractivity contribution < 1.29 is 4.79 Å². The van der Waals surface area contributed by atoms with E-state index in [1.807, 2.05) is 11.9 Å². The van der Waals surface area contributed by atoms with Gasteiger partial charge in [0.2, 0.25) is 0 Å². The first kappa shape index (κ1) is 11.3. The van der Waals surface area contributed by atoms with Crippen LogP contribution in [-0.4, -0.2) is 48.6 Å². The first-order valence-electron chi connectivity index (χ1n) is 5.42. The van der Waals surface area contributed by atoms with Gasteiger partial charge in [0.1, 0.15) is 0 Å². The molecule has 1 aliphatic heterocycles. The summed E-state index contributed by atoms with van der Waals surface area (Å²) in [7, 11) is 1.85. The number of hydrogen-bond acceptors (Lipinski definition) is 2. The Labute approximate surface area is 86.0 Å². The van der Waals surface area contributed by atoms with Crippen LogP contribution in [-0.2, 0) is 0 Å². The molecule has 14 heavy (non-hydrogen) atoms. The number of likely N-dealkylation sites (tertiary alicyclic amines) is 1. The minimum Gasteiger partial charge on any atom is -0.328 e. The van der Waals surface area contributed by atoms with E-state index in [1.165, 1.54) is 0 Å². The van der Waals surface area contributed by atoms with Gasteiger partial charge >= 0.3 is 6.03 Å². The number of rotatable bonds is 3. The highest BCUT2D eigenvalue weighted by atomic mass is 16.2. The van der Waals surface area contributed by atoms with Gasteiger partial charge in [-0.15, -0.1) is 0 Å². The Morgan fingerprint density at radius 2 is 2.07 bits per heavy atom. The first-order valence-corrected chi connectivity index (χ1v) is 5.42. The third kappa shape index (κ3) is 2.38. The molecule has 1 rings (SSSR count). The van der Waals surface area contributed by atoms with Crippen LogP contribution in [0.25, 0.3) is 0 Å². The Kier molecular flexibility index (Phi) is 4.20. The van der Waals surface area contributed by atoms with Crippen molar-refractivity contribution in [2.75, 3.05) is 26.7 Å². The number of urea groups is 1. The van der Waals surface area contributed by atoms with Gasteiger partial charge in [-0.3, -0.25) is 0 Å². The average Bonchev–Trinajstić information content (AvgIpc) is 2.71. The van der Waals surface area contributed by atoms with E-state index in [2.05, 4.69) is 6.92 Å². The van der Waals surface area contributed by atoms with Gasteiger partial charge in [0.15, 0.2) is 0 Å². The average molecular weight is 199 g/mol. The number of nitrogens with two attached hydrogens (primary N) is 1. The van der Waals surface area contributed by atoms with Crippen molar-refractivity contribution in [2.24, 2.45) is 5.73 Å². The zero-order valence-corrected chi connectivity index (χ0v) is 9.20. The van der Waals surface area contributed by atoms with E-state index in [1.54, 1.807) is 4.90 Å². The predicted molar refractivity (Wildman–Crippen MR) is 57.1 cm³/mol. The van der Waals surface area contributed by atoms with Crippen LogP contribution < -0.4 is 5.73 Å². The molecule has 0 aromatic heterocycles. The molecule has 1 atom stereocenters. The quantitative estimate of drug-likeness (QED) is 0.733. The summed E-state index contributed by atoms with van der Waals surface area (Å²) in [5.74, 6) is 0. The van der Waals surface area contributed by atoms with Crippen LogP contribution in [0.5, 0.6) is 0 Å². The van der Waals surface area contributed by atoms with Gasteiger partial charge in [-0.2, -0.15) is 0 Å². The Morgan fingerprint density at radius 1 is 1.50 bits per heavy atom. The maximum Gasteiger partial charge on any atom is 0.320 e. The van der Waals surface area contributed by atoms with Gasteiger partial charge in [-0.1, -0.05) is 6.92 Å². The summed E-state index contributed by atoms with van der Waals surface area (Å²) in [4.78, 5) is 15.6. The zero-order valence-electron chi connectivity index (χ0n) is 9.20. The summed E-state index contributed by atoms with van der Waals surface area (Å²) in [5.41, 5.74) is 5.61. The number of carbonyl (C=O) groups is 1. The van der Waals surface area contributed by atoms with E-state index in [0.29, 0.717) is 6.54 Å². The highest BCUT2D eigenvalue weighted by molar-refractivity contribution is 5.74. The van der Waals surface area contributed by atoms with E-state index in [4.69, 9.17) is 5.73 Å². The monoisotopic (exact) mass is 199 g/mol. The number of nitrogens with zero attached hydrogens (tertiary/aromatic N) is 2. The number of carbonyl (C=O) groups excluding carboxylic acids is 1. The minimum absolute atomic E-state index is 0.139. The summed E-state index contributed by atoms with van der Waals surface area (Å²) < 4.78 is 0. The van der Waals surface area contributed by atoms with Gasteiger partial charge in [-0.25, -0.2) is 4.79 Å². The molecule has 1 heterocycles. The third-order valence-electron chi connectivity index (χ3n) is 2.97. The minimum atomic E-state index is 0.139. The van der Waals surface area contributed by atoms with E-state index in [9.17, 15) is 4.79 Å². The van der Waals surface area contributed by atoms with Crippen molar-refractivity contribution in [1.29, 1.82) is 0 Å². The van der Waals surface area contributed by atoms with Crippen LogP contribution in [0.3, 0.4) is 0 Å². The zero-order chi connectivity index (χ0) is 10.6. The molecule has 0 spiro atoms. The molecule has 0 radical (unpaired) electrons. The van der Waals surface area contributed by atoms with Crippen LogP contribution in [0.2, 0.25) is 0 Å². The normalized spacial score (nSPS) is 18.4. The fourth-order valence-electron chi connectivity index (χ4n) is 1.89. The maximum atomic E-state index is 11.9. The molecule has 4 nitrogen and oxygen atoms in total. The van der Waals surface area contributed by atoms with Gasteiger partial charge in [-0.05, 0) is 19.3 Å². The molecule has 2 amide bonds. The summed E-state index contributed by atoms with van der Waals surface area (Å²) in [6.07, 6.45) is 3.20. The predicted octanol–water partition coefficient (Wildman–Crippen LogP) is 0.871. The Bertz CT molecular complexity index is 186. The molecular weight excluding hydrogens is 178 g/mol. The van der Waals surface area contributed by atoms with Crippen LogP contribution in [0.4, 0.5) is 4.79 Å². The van der Waals surface area contributed by atoms with Gasteiger partial charge in [0.05, 0.1) is 0 Å². The smallest absolute Gasteiger partial charge is 0.320 e. The van der Waals surface area contributed by atoms with Gasteiger partial charge in [0, 0.05) is 32.7 Å². The lowest BCUT2D eigenvalue weighted by Gasteiger charge is -2.30. The van der Waals surface area contributed by atoms with E-state index in [-0.39, 0.29) is 12.1 Å². The summed E-state index contributed by atoms with van der Waals surface area (Å²) in [6, 6.07) is 0.322.